The van der Waals surface area contributed by atoms with Gasteiger partial charge in [0.25, 0.3) is 0 Å². The van der Waals surface area contributed by atoms with Gasteiger partial charge in [0.15, 0.2) is 0 Å². The van der Waals surface area contributed by atoms with E-state index in [-0.39, 0.29) is 13.2 Å². The van der Waals surface area contributed by atoms with Gasteiger partial charge in [0, 0.05) is 5.57 Å². The highest BCUT2D eigenvalue weighted by Crippen LogP contribution is 2.16. The lowest BCUT2D eigenvalue weighted by atomic mass is 10.2. The van der Waals surface area contributed by atoms with Gasteiger partial charge in [0.05, 0.1) is 0 Å². The lowest BCUT2D eigenvalue weighted by Gasteiger charge is -2.13. The normalized spacial score (nSPS) is 11.7. The van der Waals surface area contributed by atoms with Gasteiger partial charge in [-0.3, -0.25) is 0 Å². The standard InChI is InChI=1S/C14H17O4/c1-10(2)14(16)18-9-12(15)8-17-13-7-5-4-6-11(13)3/h4-7,12,15H,1,3,8-9H2,2H3. The molecule has 1 aromatic carbocycles. The van der Waals surface area contributed by atoms with Crippen LogP contribution in [0.4, 0.5) is 0 Å². The van der Waals surface area contributed by atoms with E-state index in [2.05, 4.69) is 13.5 Å². The first-order valence-electron chi connectivity index (χ1n) is 5.55. The number of hydrogen-bond donors (Lipinski definition) is 1. The molecule has 1 aromatic rings. The molecular formula is C14H17O4. The van der Waals surface area contributed by atoms with Crippen molar-refractivity contribution in [3.05, 3.63) is 48.9 Å². The van der Waals surface area contributed by atoms with E-state index in [4.69, 9.17) is 9.47 Å². The Morgan fingerprint density at radius 3 is 2.67 bits per heavy atom. The minimum absolute atomic E-state index is 0.0377. The maximum Gasteiger partial charge on any atom is 0.333 e. The molecule has 0 aliphatic rings. The number of carbonyl (C=O) groups excluding carboxylic acids is 1. The Balaban J connectivity index is 2.33. The number of benzene rings is 1. The minimum atomic E-state index is -0.882. The lowest BCUT2D eigenvalue weighted by Crippen LogP contribution is -2.25. The third kappa shape index (κ3) is 4.59. The van der Waals surface area contributed by atoms with E-state index < -0.39 is 12.1 Å². The van der Waals surface area contributed by atoms with Crippen LogP contribution in [0.1, 0.15) is 12.5 Å². The maximum absolute atomic E-state index is 11.1. The minimum Gasteiger partial charge on any atom is -0.490 e. The number of ether oxygens (including phenoxy) is 2. The fraction of sp³-hybridized carbons (Fsp3) is 0.286. The highest BCUT2D eigenvalue weighted by Gasteiger charge is 2.10. The molecule has 0 spiro atoms. The first-order valence-corrected chi connectivity index (χ1v) is 5.55. The molecule has 0 bridgehead atoms. The second-order valence-corrected chi connectivity index (χ2v) is 3.95. The number of rotatable bonds is 6. The molecule has 0 amide bonds. The van der Waals surface area contributed by atoms with Crippen LogP contribution in [0.3, 0.4) is 0 Å². The molecule has 0 saturated carbocycles. The third-order valence-electron chi connectivity index (χ3n) is 2.16. The van der Waals surface area contributed by atoms with Crippen LogP contribution in [-0.2, 0) is 9.53 Å². The molecule has 0 aliphatic carbocycles. The van der Waals surface area contributed by atoms with Gasteiger partial charge >= 0.3 is 5.97 Å². The van der Waals surface area contributed by atoms with E-state index in [0.29, 0.717) is 11.3 Å². The van der Waals surface area contributed by atoms with Crippen LogP contribution >= 0.6 is 0 Å². The Labute approximate surface area is 107 Å². The Morgan fingerprint density at radius 2 is 2.06 bits per heavy atom. The van der Waals surface area contributed by atoms with Crippen LogP contribution in [0.15, 0.2) is 36.4 Å². The van der Waals surface area contributed by atoms with Crippen LogP contribution < -0.4 is 4.74 Å². The first-order chi connectivity index (χ1) is 8.50. The predicted molar refractivity (Wildman–Crippen MR) is 68.2 cm³/mol. The van der Waals surface area contributed by atoms with E-state index in [9.17, 15) is 9.90 Å². The smallest absolute Gasteiger partial charge is 0.333 e. The highest BCUT2D eigenvalue weighted by atomic mass is 16.5. The number of para-hydroxylation sites is 1. The number of aliphatic hydroxyl groups is 1. The number of carbonyl (C=O) groups is 1. The summed E-state index contributed by atoms with van der Waals surface area (Å²) in [5.74, 6) is 0.0781. The summed E-state index contributed by atoms with van der Waals surface area (Å²) in [4.78, 5) is 11.1. The summed E-state index contributed by atoms with van der Waals surface area (Å²) in [5.41, 5.74) is 1.04. The Kier molecular flexibility index (Phi) is 5.39. The molecule has 0 saturated heterocycles. The molecule has 97 valence electrons. The van der Waals surface area contributed by atoms with Gasteiger partial charge in [0.2, 0.25) is 0 Å². The first kappa shape index (κ1) is 14.3. The van der Waals surface area contributed by atoms with Crippen molar-refractivity contribution in [3.63, 3.8) is 0 Å². The van der Waals surface area contributed by atoms with Crippen LogP contribution in [-0.4, -0.2) is 30.4 Å². The van der Waals surface area contributed by atoms with Crippen molar-refractivity contribution in [1.82, 2.24) is 0 Å². The largest absolute Gasteiger partial charge is 0.490 e. The molecule has 1 radical (unpaired) electrons. The number of aliphatic hydroxyl groups excluding tert-OH is 1. The molecule has 1 unspecified atom stereocenters. The van der Waals surface area contributed by atoms with Crippen molar-refractivity contribution >= 4 is 5.97 Å². The fourth-order valence-electron chi connectivity index (χ4n) is 1.17. The summed E-state index contributed by atoms with van der Waals surface area (Å²) in [6, 6.07) is 7.23. The van der Waals surface area contributed by atoms with Gasteiger partial charge < -0.3 is 14.6 Å². The van der Waals surface area contributed by atoms with E-state index in [1.165, 1.54) is 0 Å². The maximum atomic E-state index is 11.1. The van der Waals surface area contributed by atoms with Crippen LogP contribution in [0.25, 0.3) is 0 Å². The van der Waals surface area contributed by atoms with Gasteiger partial charge in [-0.15, -0.1) is 0 Å². The summed E-state index contributed by atoms with van der Waals surface area (Å²) in [6.45, 7) is 8.70. The van der Waals surface area contributed by atoms with Crippen molar-refractivity contribution in [1.29, 1.82) is 0 Å². The number of esters is 1. The molecule has 1 N–H and O–H groups in total. The highest BCUT2D eigenvalue weighted by molar-refractivity contribution is 5.86. The van der Waals surface area contributed by atoms with Gasteiger partial charge in [-0.05, 0) is 25.5 Å². The summed E-state index contributed by atoms with van der Waals surface area (Å²) < 4.78 is 10.2. The molecule has 0 aliphatic heterocycles. The van der Waals surface area contributed by atoms with E-state index >= 15 is 0 Å². The van der Waals surface area contributed by atoms with Crippen LogP contribution in [0.5, 0.6) is 5.75 Å². The van der Waals surface area contributed by atoms with Crippen molar-refractivity contribution in [2.24, 2.45) is 0 Å². The van der Waals surface area contributed by atoms with Crippen molar-refractivity contribution < 1.29 is 19.4 Å². The molecule has 0 heterocycles. The summed E-state index contributed by atoms with van der Waals surface area (Å²) >= 11 is 0. The zero-order valence-electron chi connectivity index (χ0n) is 10.4. The summed E-state index contributed by atoms with van der Waals surface area (Å²) in [7, 11) is 0. The monoisotopic (exact) mass is 249 g/mol. The molecule has 0 aromatic heterocycles. The van der Waals surface area contributed by atoms with E-state index in [1.807, 2.05) is 18.2 Å². The summed E-state index contributed by atoms with van der Waals surface area (Å²) in [6.07, 6.45) is -0.882. The van der Waals surface area contributed by atoms with Crippen molar-refractivity contribution in [3.8, 4) is 5.75 Å². The third-order valence-corrected chi connectivity index (χ3v) is 2.16. The second kappa shape index (κ2) is 6.81. The van der Waals surface area contributed by atoms with E-state index in [1.54, 1.807) is 13.0 Å². The van der Waals surface area contributed by atoms with Crippen molar-refractivity contribution in [2.75, 3.05) is 13.2 Å². The molecule has 1 rings (SSSR count). The Hall–Kier alpha value is -1.81. The Morgan fingerprint density at radius 1 is 1.39 bits per heavy atom. The molecule has 4 heteroatoms. The zero-order chi connectivity index (χ0) is 13.5. The second-order valence-electron chi connectivity index (χ2n) is 3.95. The molecule has 4 nitrogen and oxygen atoms in total. The van der Waals surface area contributed by atoms with E-state index in [0.717, 1.165) is 5.56 Å². The predicted octanol–water partition coefficient (Wildman–Crippen LogP) is 1.73. The molecule has 0 fully saturated rings. The average Bonchev–Trinajstić information content (AvgIpc) is 2.34. The topological polar surface area (TPSA) is 55.8 Å². The van der Waals surface area contributed by atoms with Gasteiger partial charge in [0.1, 0.15) is 25.1 Å². The molecule has 18 heavy (non-hydrogen) atoms. The number of hydrogen-bond acceptors (Lipinski definition) is 4. The van der Waals surface area contributed by atoms with Crippen molar-refractivity contribution in [2.45, 2.75) is 13.0 Å². The van der Waals surface area contributed by atoms with Crippen LogP contribution in [0.2, 0.25) is 0 Å². The SMILES string of the molecule is [CH2]c1ccccc1OCC(O)COC(=O)C(=C)C. The molecule has 1 atom stereocenters. The zero-order valence-corrected chi connectivity index (χ0v) is 10.4. The lowest BCUT2D eigenvalue weighted by molar-refractivity contribution is -0.142. The summed E-state index contributed by atoms with van der Waals surface area (Å²) in [5, 5.41) is 9.58. The Bertz CT molecular complexity index is 426. The average molecular weight is 249 g/mol. The van der Waals surface area contributed by atoms with Crippen LogP contribution in [0, 0.1) is 6.92 Å². The molecular weight excluding hydrogens is 232 g/mol. The van der Waals surface area contributed by atoms with Gasteiger partial charge in [-0.25, -0.2) is 4.79 Å². The van der Waals surface area contributed by atoms with Gasteiger partial charge in [-0.1, -0.05) is 24.8 Å². The van der Waals surface area contributed by atoms with Gasteiger partial charge in [-0.2, -0.15) is 0 Å². The quantitative estimate of drug-likeness (QED) is 0.616. The fourth-order valence-corrected chi connectivity index (χ4v) is 1.17.